The van der Waals surface area contributed by atoms with Crippen LogP contribution >= 0.6 is 0 Å². The Kier molecular flexibility index (Phi) is 5.47. The van der Waals surface area contributed by atoms with Gasteiger partial charge >= 0.3 is 0 Å². The number of hydrogen-bond acceptors (Lipinski definition) is 1. The van der Waals surface area contributed by atoms with Crippen molar-refractivity contribution in [2.45, 2.75) is 33.4 Å². The third-order valence-corrected chi connectivity index (χ3v) is 2.00. The van der Waals surface area contributed by atoms with Gasteiger partial charge in [0.25, 0.3) is 0 Å². The highest BCUT2D eigenvalue weighted by Gasteiger charge is 2.22. The van der Waals surface area contributed by atoms with Crippen LogP contribution in [0, 0.1) is 5.92 Å². The molecular formula is C9H20FN. The van der Waals surface area contributed by atoms with Crippen molar-refractivity contribution in [3.8, 4) is 0 Å². The third kappa shape index (κ3) is 3.71. The number of likely N-dealkylation sites (tertiary alicyclic amines) is 1. The molecule has 1 fully saturated rings. The minimum atomic E-state index is -0.554. The van der Waals surface area contributed by atoms with Gasteiger partial charge in [-0.05, 0) is 13.5 Å². The van der Waals surface area contributed by atoms with Crippen LogP contribution in [-0.2, 0) is 0 Å². The maximum atomic E-state index is 12.7. The lowest BCUT2D eigenvalue weighted by Crippen LogP contribution is -2.37. The van der Waals surface area contributed by atoms with Gasteiger partial charge in [-0.15, -0.1) is 0 Å². The Morgan fingerprint density at radius 3 is 2.27 bits per heavy atom. The van der Waals surface area contributed by atoms with E-state index in [2.05, 4.69) is 4.90 Å². The zero-order valence-corrected chi connectivity index (χ0v) is 8.10. The predicted octanol–water partition coefficient (Wildman–Crippen LogP) is 2.32. The van der Waals surface area contributed by atoms with E-state index in [0.717, 1.165) is 19.5 Å². The molecule has 0 aromatic rings. The van der Waals surface area contributed by atoms with Crippen molar-refractivity contribution in [2.75, 3.05) is 20.1 Å². The number of halogens is 1. The van der Waals surface area contributed by atoms with Crippen molar-refractivity contribution in [3.05, 3.63) is 0 Å². The van der Waals surface area contributed by atoms with Gasteiger partial charge in [0.15, 0.2) is 0 Å². The Morgan fingerprint density at radius 1 is 1.36 bits per heavy atom. The van der Waals surface area contributed by atoms with Gasteiger partial charge < -0.3 is 4.90 Å². The van der Waals surface area contributed by atoms with Crippen LogP contribution in [0.3, 0.4) is 0 Å². The summed E-state index contributed by atoms with van der Waals surface area (Å²) in [6.07, 6.45) is 0.165. The van der Waals surface area contributed by atoms with Crippen LogP contribution in [-0.4, -0.2) is 31.2 Å². The number of hydrogen-bond donors (Lipinski definition) is 0. The predicted molar refractivity (Wildman–Crippen MR) is 47.5 cm³/mol. The molecule has 1 rings (SSSR count). The highest BCUT2D eigenvalue weighted by atomic mass is 19.1. The van der Waals surface area contributed by atoms with E-state index >= 15 is 0 Å². The lowest BCUT2D eigenvalue weighted by molar-refractivity contribution is 0.116. The molecule has 11 heavy (non-hydrogen) atoms. The molecule has 0 bridgehead atoms. The van der Waals surface area contributed by atoms with Crippen molar-refractivity contribution in [1.29, 1.82) is 0 Å². The molecule has 2 heteroatoms. The van der Waals surface area contributed by atoms with E-state index in [0.29, 0.717) is 0 Å². The Balaban J connectivity index is 0.000000461. The maximum absolute atomic E-state index is 12.7. The van der Waals surface area contributed by atoms with E-state index in [-0.39, 0.29) is 5.92 Å². The smallest absolute Gasteiger partial charge is 0.105 e. The first-order valence-corrected chi connectivity index (χ1v) is 4.53. The molecule has 0 aromatic carbocycles. The van der Waals surface area contributed by atoms with Crippen molar-refractivity contribution >= 4 is 0 Å². The topological polar surface area (TPSA) is 3.24 Å². The Morgan fingerprint density at radius 2 is 1.91 bits per heavy atom. The molecule has 1 heterocycles. The molecule has 0 amide bonds. The largest absolute Gasteiger partial charge is 0.306 e. The molecule has 1 aliphatic heterocycles. The van der Waals surface area contributed by atoms with Gasteiger partial charge in [-0.25, -0.2) is 4.39 Å². The highest BCUT2D eigenvalue weighted by Crippen LogP contribution is 2.17. The Hall–Kier alpha value is -0.110. The summed E-state index contributed by atoms with van der Waals surface area (Å²) in [5.41, 5.74) is 0. The lowest BCUT2D eigenvalue weighted by Gasteiger charge is -2.29. The standard InChI is InChI=1S/C7H14FN.C2H6/c1-6-5-9(2)4-3-7(6)8;1-2/h6-7H,3-5H2,1-2H3;1-2H3. The number of nitrogens with zero attached hydrogens (tertiary/aromatic N) is 1. The molecule has 0 aromatic heterocycles. The second-order valence-electron chi connectivity index (χ2n) is 3.04. The minimum absolute atomic E-state index is 0.240. The number of rotatable bonds is 0. The molecule has 1 nitrogen and oxygen atoms in total. The van der Waals surface area contributed by atoms with Crippen LogP contribution in [0.4, 0.5) is 4.39 Å². The Labute approximate surface area is 69.6 Å². The summed E-state index contributed by atoms with van der Waals surface area (Å²) < 4.78 is 12.7. The Bertz CT molecular complexity index is 95.6. The van der Waals surface area contributed by atoms with Gasteiger partial charge in [0.2, 0.25) is 0 Å². The SMILES string of the molecule is CC.CC1CN(C)CCC1F. The van der Waals surface area contributed by atoms with Gasteiger partial charge in [-0.1, -0.05) is 20.8 Å². The molecule has 2 atom stereocenters. The number of alkyl halides is 1. The second kappa shape index (κ2) is 5.53. The fraction of sp³-hybridized carbons (Fsp3) is 1.00. The zero-order valence-electron chi connectivity index (χ0n) is 8.10. The molecule has 2 unspecified atom stereocenters. The first-order chi connectivity index (χ1) is 5.20. The van der Waals surface area contributed by atoms with Crippen LogP contribution in [0.15, 0.2) is 0 Å². The molecule has 0 saturated carbocycles. The zero-order chi connectivity index (χ0) is 8.85. The van der Waals surface area contributed by atoms with E-state index in [4.69, 9.17) is 0 Å². The highest BCUT2D eigenvalue weighted by molar-refractivity contribution is 4.74. The van der Waals surface area contributed by atoms with Crippen LogP contribution < -0.4 is 0 Å². The van der Waals surface area contributed by atoms with Gasteiger partial charge in [0.1, 0.15) is 6.17 Å². The molecule has 68 valence electrons. The van der Waals surface area contributed by atoms with E-state index in [1.807, 2.05) is 27.8 Å². The molecule has 0 radical (unpaired) electrons. The quantitative estimate of drug-likeness (QED) is 0.527. The van der Waals surface area contributed by atoms with Gasteiger partial charge in [-0.2, -0.15) is 0 Å². The number of piperidine rings is 1. The monoisotopic (exact) mass is 161 g/mol. The molecular weight excluding hydrogens is 141 g/mol. The van der Waals surface area contributed by atoms with E-state index in [9.17, 15) is 4.39 Å². The van der Waals surface area contributed by atoms with Crippen molar-refractivity contribution in [1.82, 2.24) is 4.90 Å². The average Bonchev–Trinajstić information content (AvgIpc) is 2.02. The van der Waals surface area contributed by atoms with Crippen molar-refractivity contribution in [3.63, 3.8) is 0 Å². The van der Waals surface area contributed by atoms with Gasteiger partial charge in [0.05, 0.1) is 0 Å². The summed E-state index contributed by atoms with van der Waals surface area (Å²) in [7, 11) is 2.04. The van der Waals surface area contributed by atoms with E-state index in [1.54, 1.807) is 0 Å². The van der Waals surface area contributed by atoms with Crippen molar-refractivity contribution < 1.29 is 4.39 Å². The molecule has 0 spiro atoms. The maximum Gasteiger partial charge on any atom is 0.105 e. The summed E-state index contributed by atoms with van der Waals surface area (Å²) in [4.78, 5) is 2.18. The van der Waals surface area contributed by atoms with Gasteiger partial charge in [0, 0.05) is 19.0 Å². The average molecular weight is 161 g/mol. The molecule has 0 aliphatic carbocycles. The van der Waals surface area contributed by atoms with Crippen LogP contribution in [0.2, 0.25) is 0 Å². The molecule has 1 aliphatic rings. The minimum Gasteiger partial charge on any atom is -0.306 e. The van der Waals surface area contributed by atoms with E-state index in [1.165, 1.54) is 0 Å². The lowest BCUT2D eigenvalue weighted by atomic mass is 9.99. The van der Waals surface area contributed by atoms with Crippen LogP contribution in [0.25, 0.3) is 0 Å². The second-order valence-corrected chi connectivity index (χ2v) is 3.04. The normalized spacial score (nSPS) is 32.5. The molecule has 0 N–H and O–H groups in total. The fourth-order valence-electron chi connectivity index (χ4n) is 1.33. The fourth-order valence-corrected chi connectivity index (χ4v) is 1.33. The van der Waals surface area contributed by atoms with Gasteiger partial charge in [-0.3, -0.25) is 0 Å². The summed E-state index contributed by atoms with van der Waals surface area (Å²) >= 11 is 0. The summed E-state index contributed by atoms with van der Waals surface area (Å²) in [5.74, 6) is 0.240. The summed E-state index contributed by atoms with van der Waals surface area (Å²) in [5, 5.41) is 0. The molecule has 1 saturated heterocycles. The first-order valence-electron chi connectivity index (χ1n) is 4.53. The first kappa shape index (κ1) is 10.9. The van der Waals surface area contributed by atoms with E-state index < -0.39 is 6.17 Å². The van der Waals surface area contributed by atoms with Crippen LogP contribution in [0.5, 0.6) is 0 Å². The third-order valence-electron chi connectivity index (χ3n) is 2.00. The summed E-state index contributed by atoms with van der Waals surface area (Å²) in [6.45, 7) is 7.81. The summed E-state index contributed by atoms with van der Waals surface area (Å²) in [6, 6.07) is 0. The van der Waals surface area contributed by atoms with Crippen LogP contribution in [0.1, 0.15) is 27.2 Å². The van der Waals surface area contributed by atoms with Crippen molar-refractivity contribution in [2.24, 2.45) is 5.92 Å².